The van der Waals surface area contributed by atoms with Crippen LogP contribution in [0.3, 0.4) is 0 Å². The summed E-state index contributed by atoms with van der Waals surface area (Å²) in [5, 5.41) is 19.6. The molecule has 3 aromatic rings. The second-order valence-corrected chi connectivity index (χ2v) is 6.26. The molecule has 0 aliphatic carbocycles. The Balaban J connectivity index is 0. The van der Waals surface area contributed by atoms with Gasteiger partial charge in [0.15, 0.2) is 0 Å². The number of hydrogen-bond donors (Lipinski definition) is 2. The maximum atomic E-state index is 8.76. The Bertz CT molecular complexity index is 599. The molecule has 0 atom stereocenters. The van der Waals surface area contributed by atoms with Gasteiger partial charge in [0.2, 0.25) is 0 Å². The fourth-order valence-corrected chi connectivity index (χ4v) is 2.47. The molecule has 0 saturated carbocycles. The van der Waals surface area contributed by atoms with Gasteiger partial charge in [-0.15, -0.1) is 24.8 Å². The summed E-state index contributed by atoms with van der Waals surface area (Å²) in [5.74, 6) is 0.659. The minimum absolute atomic E-state index is 0. The molecule has 0 unspecified atom stereocenters. The summed E-state index contributed by atoms with van der Waals surface area (Å²) in [7, 11) is 0. The molecule has 2 nitrogen and oxygen atoms in total. The molecule has 0 amide bonds. The van der Waals surface area contributed by atoms with E-state index in [9.17, 15) is 0 Å². The zero-order valence-electron chi connectivity index (χ0n) is 14.0. The summed E-state index contributed by atoms with van der Waals surface area (Å²) >= 11 is 3.81. The van der Waals surface area contributed by atoms with E-state index in [-0.39, 0.29) is 24.8 Å². The first-order valence-corrected chi connectivity index (χ1v) is 8.84. The van der Waals surface area contributed by atoms with E-state index in [0.717, 1.165) is 0 Å². The third-order valence-electron chi connectivity index (χ3n) is 2.75. The van der Waals surface area contributed by atoms with Gasteiger partial charge in [0, 0.05) is 0 Å². The zero-order valence-corrected chi connectivity index (χ0v) is 18.1. The van der Waals surface area contributed by atoms with Crippen LogP contribution in [0, 0.1) is 13.8 Å². The van der Waals surface area contributed by atoms with Gasteiger partial charge in [-0.3, -0.25) is 0 Å². The SMILES string of the molecule is Cc1ccc(O)cc1.Cc1ccc(O)cc1.Cl.Cl.[Ti]=[CH]c1cccs1. The van der Waals surface area contributed by atoms with Crippen molar-refractivity contribution in [3.8, 4) is 11.5 Å². The van der Waals surface area contributed by atoms with Crippen LogP contribution in [0.1, 0.15) is 16.0 Å². The van der Waals surface area contributed by atoms with Gasteiger partial charge in [-0.25, -0.2) is 0 Å². The van der Waals surface area contributed by atoms with Crippen molar-refractivity contribution in [2.45, 2.75) is 13.8 Å². The van der Waals surface area contributed by atoms with Crippen LogP contribution in [0.15, 0.2) is 66.0 Å². The van der Waals surface area contributed by atoms with Crippen molar-refractivity contribution >= 4 is 40.5 Å². The van der Waals surface area contributed by atoms with Crippen molar-refractivity contribution in [2.75, 3.05) is 0 Å². The second kappa shape index (κ2) is 15.2. The molecule has 0 saturated heterocycles. The van der Waals surface area contributed by atoms with Crippen LogP contribution in [0.2, 0.25) is 0 Å². The zero-order chi connectivity index (χ0) is 17.1. The molecule has 0 radical (unpaired) electrons. The first-order valence-electron chi connectivity index (χ1n) is 7.06. The molecular weight excluding hydrogens is 411 g/mol. The molecule has 25 heavy (non-hydrogen) atoms. The number of aromatic hydroxyl groups is 2. The van der Waals surface area contributed by atoms with Crippen molar-refractivity contribution in [2.24, 2.45) is 0 Å². The molecule has 6 heteroatoms. The Morgan fingerprint density at radius 1 is 0.760 bits per heavy atom. The Labute approximate surface area is 177 Å². The molecule has 1 heterocycles. The van der Waals surface area contributed by atoms with Crippen molar-refractivity contribution in [1.29, 1.82) is 0 Å². The summed E-state index contributed by atoms with van der Waals surface area (Å²) in [4.78, 5) is 1.35. The fraction of sp³-hybridized carbons (Fsp3) is 0.105. The molecule has 0 bridgehead atoms. The van der Waals surface area contributed by atoms with E-state index in [0.29, 0.717) is 11.5 Å². The number of aryl methyl sites for hydroxylation is 2. The average Bonchev–Trinajstić information content (AvgIpc) is 3.08. The molecular formula is C19H22Cl2O2STi. The van der Waals surface area contributed by atoms with E-state index < -0.39 is 0 Å². The molecule has 0 spiro atoms. The summed E-state index contributed by atoms with van der Waals surface area (Å²) in [5.41, 5.74) is 2.34. The normalized spacial score (nSPS) is 8.20. The quantitative estimate of drug-likeness (QED) is 0.484. The van der Waals surface area contributed by atoms with E-state index in [1.54, 1.807) is 35.6 Å². The van der Waals surface area contributed by atoms with Crippen molar-refractivity contribution in [3.05, 3.63) is 82.0 Å². The maximum absolute atomic E-state index is 8.76. The monoisotopic (exact) mass is 432 g/mol. The van der Waals surface area contributed by atoms with Gasteiger partial charge in [-0.1, -0.05) is 35.4 Å². The van der Waals surface area contributed by atoms with Crippen molar-refractivity contribution in [3.63, 3.8) is 0 Å². The number of phenolic OH excluding ortho intramolecular Hbond substituents is 2. The molecule has 2 N–H and O–H groups in total. The van der Waals surface area contributed by atoms with Crippen molar-refractivity contribution in [1.82, 2.24) is 0 Å². The average molecular weight is 433 g/mol. The third-order valence-corrected chi connectivity index (χ3v) is 4.39. The number of benzene rings is 2. The number of rotatable bonds is 1. The predicted octanol–water partition coefficient (Wildman–Crippen LogP) is 5.69. The topological polar surface area (TPSA) is 40.5 Å². The first-order chi connectivity index (χ1) is 11.0. The standard InChI is InChI=1S/2C7H8O.C5H4S.2ClH.Ti/c2*1-6-2-4-7(8)5-3-6;1-5-3-2-4-6-5;;;/h2*2-5,8H,1H3;1-4H;2*1H;. The van der Waals surface area contributed by atoms with E-state index in [1.165, 1.54) is 16.0 Å². The van der Waals surface area contributed by atoms with Gasteiger partial charge in [0.25, 0.3) is 0 Å². The number of thiophene rings is 1. The molecule has 2 aromatic carbocycles. The molecule has 134 valence electrons. The first kappa shape index (κ1) is 26.1. The van der Waals surface area contributed by atoms with Crippen LogP contribution in [-0.4, -0.2) is 14.5 Å². The van der Waals surface area contributed by atoms with Crippen LogP contribution in [0.4, 0.5) is 0 Å². The number of phenols is 2. The molecule has 0 aliphatic heterocycles. The van der Waals surface area contributed by atoms with Gasteiger partial charge >= 0.3 is 58.0 Å². The number of halogens is 2. The Kier molecular flexibility index (Phi) is 15.9. The van der Waals surface area contributed by atoms with Crippen LogP contribution in [0.25, 0.3) is 0 Å². The Hall–Kier alpha value is -1.10. The summed E-state index contributed by atoms with van der Waals surface area (Å²) in [6.45, 7) is 3.97. The molecule has 0 fully saturated rings. The van der Waals surface area contributed by atoms with Gasteiger partial charge in [0.05, 0.1) is 0 Å². The van der Waals surface area contributed by atoms with Crippen molar-refractivity contribution < 1.29 is 30.2 Å². The second-order valence-electron chi connectivity index (χ2n) is 4.83. The minimum atomic E-state index is 0. The van der Waals surface area contributed by atoms with E-state index >= 15 is 0 Å². The predicted molar refractivity (Wildman–Crippen MR) is 110 cm³/mol. The Morgan fingerprint density at radius 2 is 1.16 bits per heavy atom. The Morgan fingerprint density at radius 3 is 1.36 bits per heavy atom. The van der Waals surface area contributed by atoms with Crippen LogP contribution in [-0.2, 0) is 20.0 Å². The third kappa shape index (κ3) is 12.9. The molecule has 3 rings (SSSR count). The number of hydrogen-bond acceptors (Lipinski definition) is 3. The summed E-state index contributed by atoms with van der Waals surface area (Å²) < 4.78 is 2.10. The molecule has 0 aliphatic rings. The van der Waals surface area contributed by atoms with Gasteiger partial charge < -0.3 is 10.2 Å². The van der Waals surface area contributed by atoms with E-state index in [1.807, 2.05) is 58.1 Å². The van der Waals surface area contributed by atoms with Gasteiger partial charge in [-0.05, 0) is 38.1 Å². The fourth-order valence-electron chi connectivity index (χ4n) is 1.46. The van der Waals surface area contributed by atoms with Gasteiger partial charge in [0.1, 0.15) is 11.5 Å². The van der Waals surface area contributed by atoms with E-state index in [4.69, 9.17) is 10.2 Å². The van der Waals surface area contributed by atoms with Gasteiger partial charge in [-0.2, -0.15) is 0 Å². The van der Waals surface area contributed by atoms with Crippen LogP contribution < -0.4 is 0 Å². The summed E-state index contributed by atoms with van der Waals surface area (Å²) in [6, 6.07) is 18.3. The van der Waals surface area contributed by atoms with E-state index in [2.05, 4.69) is 21.8 Å². The van der Waals surface area contributed by atoms with Crippen LogP contribution in [0.5, 0.6) is 11.5 Å². The van der Waals surface area contributed by atoms with Crippen LogP contribution >= 0.6 is 36.2 Å². The molecule has 1 aromatic heterocycles. The summed E-state index contributed by atoms with van der Waals surface area (Å²) in [6.07, 6.45) is 0.